The van der Waals surface area contributed by atoms with Crippen molar-refractivity contribution in [2.24, 2.45) is 23.7 Å². The second-order valence-corrected chi connectivity index (χ2v) is 10.8. The number of rotatable bonds is 7. The van der Waals surface area contributed by atoms with Crippen LogP contribution in [0.25, 0.3) is 5.57 Å². The largest absolute Gasteiger partial charge is 0.497 e. The molecule has 0 N–H and O–H groups in total. The molecule has 2 fully saturated rings. The first kappa shape index (κ1) is 26.6. The van der Waals surface area contributed by atoms with Crippen molar-refractivity contribution in [1.82, 2.24) is 0 Å². The van der Waals surface area contributed by atoms with Gasteiger partial charge < -0.3 is 14.2 Å². The van der Waals surface area contributed by atoms with Crippen LogP contribution in [0.4, 0.5) is 5.69 Å². The van der Waals surface area contributed by atoms with Crippen molar-refractivity contribution in [3.05, 3.63) is 107 Å². The van der Waals surface area contributed by atoms with Crippen LogP contribution in [0.5, 0.6) is 11.5 Å². The molecule has 1 aliphatic heterocycles. The predicted octanol–water partition coefficient (Wildman–Crippen LogP) is 5.69. The summed E-state index contributed by atoms with van der Waals surface area (Å²) in [6.45, 7) is 3.52. The van der Waals surface area contributed by atoms with Gasteiger partial charge in [-0.15, -0.1) is 0 Å². The molecule has 2 aliphatic carbocycles. The lowest BCUT2D eigenvalue weighted by Gasteiger charge is -2.23. The van der Waals surface area contributed by atoms with E-state index in [0.29, 0.717) is 0 Å². The summed E-state index contributed by atoms with van der Waals surface area (Å²) in [5.74, 6) is -1.25. The fraction of sp³-hybridized carbons (Fsp3) is 0.265. The van der Waals surface area contributed by atoms with Crippen LogP contribution in [0.15, 0.2) is 90.5 Å². The van der Waals surface area contributed by atoms with Gasteiger partial charge in [-0.05, 0) is 72.5 Å². The van der Waals surface area contributed by atoms with Crippen molar-refractivity contribution in [3.63, 3.8) is 0 Å². The summed E-state index contributed by atoms with van der Waals surface area (Å²) in [6, 6.07) is 22.3. The molecule has 2 bridgehead atoms. The van der Waals surface area contributed by atoms with Crippen LogP contribution < -0.4 is 14.4 Å². The number of imide groups is 1. The number of ether oxygens (including phenoxy) is 3. The Morgan fingerprint density at radius 2 is 1.22 bits per heavy atom. The molecule has 3 aromatic rings. The monoisotopic (exact) mass is 549 g/mol. The molecule has 7 heteroatoms. The minimum atomic E-state index is -0.559. The van der Waals surface area contributed by atoms with E-state index >= 15 is 0 Å². The standard InChI is InChI=1S/C34H31NO6/c1-19(2)41-34(38)24-7-5-6-8-27(24)35-32(36)30-25-17-18-26(31(30)33(35)37)29(25)28(20-9-13-22(39-3)14-10-20)21-11-15-23(40-4)16-12-21/h5-19,25-26,30-31H,1-4H3/t25-,26-,30+,31+/m1/s1. The van der Waals surface area contributed by atoms with Crippen LogP contribution in [0, 0.1) is 23.7 Å². The third-order valence-corrected chi connectivity index (χ3v) is 8.17. The highest BCUT2D eigenvalue weighted by atomic mass is 16.5. The molecule has 0 unspecified atom stereocenters. The Morgan fingerprint density at radius 1 is 0.732 bits per heavy atom. The molecule has 1 saturated heterocycles. The zero-order chi connectivity index (χ0) is 28.8. The van der Waals surface area contributed by atoms with E-state index in [1.165, 1.54) is 4.90 Å². The Morgan fingerprint density at radius 3 is 1.68 bits per heavy atom. The number of hydrogen-bond acceptors (Lipinski definition) is 6. The number of methoxy groups -OCH3 is 2. The van der Waals surface area contributed by atoms with Crippen molar-refractivity contribution in [1.29, 1.82) is 0 Å². The summed E-state index contributed by atoms with van der Waals surface area (Å²) in [6.07, 6.45) is 3.78. The quantitative estimate of drug-likeness (QED) is 0.214. The molecule has 1 saturated carbocycles. The summed E-state index contributed by atoms with van der Waals surface area (Å²) in [7, 11) is 3.26. The number of anilines is 1. The van der Waals surface area contributed by atoms with Crippen molar-refractivity contribution in [3.8, 4) is 11.5 Å². The topological polar surface area (TPSA) is 82.1 Å². The molecule has 41 heavy (non-hydrogen) atoms. The van der Waals surface area contributed by atoms with Gasteiger partial charge in [0.1, 0.15) is 11.5 Å². The van der Waals surface area contributed by atoms with Crippen molar-refractivity contribution < 1.29 is 28.6 Å². The molecule has 2 amide bonds. The van der Waals surface area contributed by atoms with Gasteiger partial charge in [-0.2, -0.15) is 0 Å². The molecule has 208 valence electrons. The number of carbonyl (C=O) groups excluding carboxylic acids is 3. The van der Waals surface area contributed by atoms with Gasteiger partial charge in [-0.25, -0.2) is 9.69 Å². The van der Waals surface area contributed by atoms with Crippen molar-refractivity contribution >= 4 is 29.0 Å². The van der Waals surface area contributed by atoms with Crippen molar-refractivity contribution in [2.45, 2.75) is 20.0 Å². The van der Waals surface area contributed by atoms with Crippen LogP contribution >= 0.6 is 0 Å². The van der Waals surface area contributed by atoms with Gasteiger partial charge in [-0.1, -0.05) is 48.6 Å². The summed E-state index contributed by atoms with van der Waals surface area (Å²) in [4.78, 5) is 42.2. The molecule has 4 atom stereocenters. The van der Waals surface area contributed by atoms with E-state index in [-0.39, 0.29) is 41.0 Å². The number of esters is 1. The predicted molar refractivity (Wildman–Crippen MR) is 155 cm³/mol. The lowest BCUT2D eigenvalue weighted by atomic mass is 9.85. The van der Waals surface area contributed by atoms with E-state index in [4.69, 9.17) is 14.2 Å². The maximum atomic E-state index is 14.1. The zero-order valence-electron chi connectivity index (χ0n) is 23.4. The molecule has 3 aromatic carbocycles. The number of fused-ring (bicyclic) bond motifs is 5. The van der Waals surface area contributed by atoms with Crippen LogP contribution in [0.1, 0.15) is 35.3 Å². The van der Waals surface area contributed by atoms with Crippen LogP contribution in [-0.2, 0) is 14.3 Å². The van der Waals surface area contributed by atoms with Gasteiger partial charge >= 0.3 is 5.97 Å². The number of nitrogens with zero attached hydrogens (tertiary/aromatic N) is 1. The minimum Gasteiger partial charge on any atom is -0.497 e. The molecular formula is C34H31NO6. The van der Waals surface area contributed by atoms with Gasteiger partial charge in [0.15, 0.2) is 0 Å². The summed E-state index contributed by atoms with van der Waals surface area (Å²) in [5, 5.41) is 0. The number of hydrogen-bond donors (Lipinski definition) is 0. The summed E-state index contributed by atoms with van der Waals surface area (Å²) >= 11 is 0. The molecular weight excluding hydrogens is 518 g/mol. The van der Waals surface area contributed by atoms with E-state index in [1.807, 2.05) is 48.5 Å². The maximum Gasteiger partial charge on any atom is 0.340 e. The van der Waals surface area contributed by atoms with E-state index in [0.717, 1.165) is 33.8 Å². The average Bonchev–Trinajstić information content (AvgIpc) is 3.62. The Bertz CT molecular complexity index is 1500. The lowest BCUT2D eigenvalue weighted by Crippen LogP contribution is -2.34. The number of benzene rings is 3. The first-order valence-corrected chi connectivity index (χ1v) is 13.7. The van der Waals surface area contributed by atoms with Crippen LogP contribution in [0.3, 0.4) is 0 Å². The molecule has 6 rings (SSSR count). The summed E-state index contributed by atoms with van der Waals surface area (Å²) < 4.78 is 16.2. The first-order valence-electron chi connectivity index (χ1n) is 13.7. The van der Waals surface area contributed by atoms with Gasteiger partial charge in [0, 0.05) is 11.8 Å². The molecule has 7 nitrogen and oxygen atoms in total. The summed E-state index contributed by atoms with van der Waals surface area (Å²) in [5.41, 5.74) is 4.49. The molecule has 3 aliphatic rings. The second-order valence-electron chi connectivity index (χ2n) is 10.8. The highest BCUT2D eigenvalue weighted by Crippen LogP contribution is 2.59. The van der Waals surface area contributed by atoms with Gasteiger partial charge in [0.25, 0.3) is 0 Å². The highest BCUT2D eigenvalue weighted by molar-refractivity contribution is 6.25. The fourth-order valence-electron chi connectivity index (χ4n) is 6.47. The number of allylic oxidation sites excluding steroid dienone is 3. The third-order valence-electron chi connectivity index (χ3n) is 8.17. The maximum absolute atomic E-state index is 14.1. The van der Waals surface area contributed by atoms with Gasteiger partial charge in [0.05, 0.1) is 43.4 Å². The molecule has 0 spiro atoms. The van der Waals surface area contributed by atoms with Crippen LogP contribution in [0.2, 0.25) is 0 Å². The van der Waals surface area contributed by atoms with Crippen molar-refractivity contribution in [2.75, 3.05) is 19.1 Å². The minimum absolute atomic E-state index is 0.205. The second kappa shape index (κ2) is 10.4. The fourth-order valence-corrected chi connectivity index (χ4v) is 6.47. The number of carbonyl (C=O) groups is 3. The van der Waals surface area contributed by atoms with E-state index in [9.17, 15) is 14.4 Å². The highest BCUT2D eigenvalue weighted by Gasteiger charge is 2.62. The van der Waals surface area contributed by atoms with E-state index in [1.54, 1.807) is 52.3 Å². The van der Waals surface area contributed by atoms with Crippen LogP contribution in [-0.4, -0.2) is 38.1 Å². The first-order chi connectivity index (χ1) is 19.8. The normalized spacial score (nSPS) is 22.4. The molecule has 0 aromatic heterocycles. The Labute approximate surface area is 239 Å². The Hall–Kier alpha value is -4.65. The molecule has 0 radical (unpaired) electrons. The number of amides is 2. The average molecular weight is 550 g/mol. The van der Waals surface area contributed by atoms with E-state index in [2.05, 4.69) is 12.2 Å². The third kappa shape index (κ3) is 4.32. The SMILES string of the molecule is COc1ccc(C(=C2[C@H]3C=C[C@H]2[C@@H]2C(=O)N(c4ccccc4C(=O)OC(C)C)C(=O)[C@H]23)c2ccc(OC)cc2)cc1. The Kier molecular flexibility index (Phi) is 6.73. The van der Waals surface area contributed by atoms with E-state index < -0.39 is 17.8 Å². The van der Waals surface area contributed by atoms with Gasteiger partial charge in [0.2, 0.25) is 11.8 Å². The zero-order valence-corrected chi connectivity index (χ0v) is 23.4. The lowest BCUT2D eigenvalue weighted by molar-refractivity contribution is -0.122. The molecule has 1 heterocycles. The Balaban J connectivity index is 1.44. The number of para-hydroxylation sites is 1. The smallest absolute Gasteiger partial charge is 0.340 e. The van der Waals surface area contributed by atoms with Gasteiger partial charge in [-0.3, -0.25) is 9.59 Å².